The zero-order chi connectivity index (χ0) is 15.4. The molecule has 0 aliphatic rings. The SMILES string of the molecule is Cc1c(C(=O)Nc2c(F)cccc2F)cnn1CCCN. The van der Waals surface area contributed by atoms with Crippen molar-refractivity contribution in [1.29, 1.82) is 0 Å². The molecular formula is C14H16F2N4O. The van der Waals surface area contributed by atoms with Crippen molar-refractivity contribution < 1.29 is 13.6 Å². The number of carbonyl (C=O) groups excluding carboxylic acids is 1. The van der Waals surface area contributed by atoms with E-state index in [-0.39, 0.29) is 5.56 Å². The van der Waals surface area contributed by atoms with Gasteiger partial charge in [0.25, 0.3) is 5.91 Å². The predicted molar refractivity (Wildman–Crippen MR) is 74.9 cm³/mol. The molecule has 112 valence electrons. The first-order valence-electron chi connectivity index (χ1n) is 6.52. The number of nitrogens with one attached hydrogen (secondary N) is 1. The summed E-state index contributed by atoms with van der Waals surface area (Å²) in [7, 11) is 0. The van der Waals surface area contributed by atoms with Crippen molar-refractivity contribution in [3.63, 3.8) is 0 Å². The normalized spacial score (nSPS) is 10.7. The number of halogens is 2. The van der Waals surface area contributed by atoms with Crippen LogP contribution in [0.4, 0.5) is 14.5 Å². The minimum absolute atomic E-state index is 0.273. The van der Waals surface area contributed by atoms with Crippen LogP contribution in [-0.4, -0.2) is 22.2 Å². The number of carbonyl (C=O) groups is 1. The molecule has 2 aromatic rings. The number of nitrogens with two attached hydrogens (primary N) is 1. The van der Waals surface area contributed by atoms with Crippen molar-refractivity contribution in [2.24, 2.45) is 5.73 Å². The summed E-state index contributed by atoms with van der Waals surface area (Å²) < 4.78 is 28.7. The van der Waals surface area contributed by atoms with Crippen molar-refractivity contribution >= 4 is 11.6 Å². The molecule has 5 nitrogen and oxygen atoms in total. The van der Waals surface area contributed by atoms with Crippen LogP contribution in [0, 0.1) is 18.6 Å². The van der Waals surface area contributed by atoms with E-state index in [1.807, 2.05) is 0 Å². The molecule has 0 bridgehead atoms. The van der Waals surface area contributed by atoms with Crippen molar-refractivity contribution in [3.8, 4) is 0 Å². The number of aromatic nitrogens is 2. The second kappa shape index (κ2) is 6.45. The highest BCUT2D eigenvalue weighted by Crippen LogP contribution is 2.19. The standard InChI is InChI=1S/C14H16F2N4O/c1-9-10(8-18-20(9)7-3-6-17)14(21)19-13-11(15)4-2-5-12(13)16/h2,4-5,8H,3,6-7,17H2,1H3,(H,19,21). The summed E-state index contributed by atoms with van der Waals surface area (Å²) in [4.78, 5) is 12.1. The van der Waals surface area contributed by atoms with E-state index in [1.54, 1.807) is 11.6 Å². The molecular weight excluding hydrogens is 278 g/mol. The van der Waals surface area contributed by atoms with E-state index in [4.69, 9.17) is 5.73 Å². The molecule has 0 saturated heterocycles. The van der Waals surface area contributed by atoms with E-state index < -0.39 is 23.2 Å². The summed E-state index contributed by atoms with van der Waals surface area (Å²) in [6.45, 7) is 2.82. The Morgan fingerprint density at radius 1 is 1.38 bits per heavy atom. The maximum Gasteiger partial charge on any atom is 0.259 e. The number of para-hydroxylation sites is 1. The first-order valence-corrected chi connectivity index (χ1v) is 6.52. The Kier molecular flexibility index (Phi) is 4.64. The van der Waals surface area contributed by atoms with Crippen LogP contribution in [0.15, 0.2) is 24.4 Å². The number of nitrogens with zero attached hydrogens (tertiary/aromatic N) is 2. The molecule has 0 spiro atoms. The summed E-state index contributed by atoms with van der Waals surface area (Å²) in [5, 5.41) is 6.31. The Hall–Kier alpha value is -2.28. The van der Waals surface area contributed by atoms with Crippen LogP contribution in [0.25, 0.3) is 0 Å². The summed E-state index contributed by atoms with van der Waals surface area (Å²) in [6.07, 6.45) is 2.10. The zero-order valence-corrected chi connectivity index (χ0v) is 11.6. The molecule has 0 aliphatic heterocycles. The van der Waals surface area contributed by atoms with Crippen LogP contribution in [0.5, 0.6) is 0 Å². The van der Waals surface area contributed by atoms with Crippen molar-refractivity contribution in [2.45, 2.75) is 19.9 Å². The van der Waals surface area contributed by atoms with Crippen LogP contribution >= 0.6 is 0 Å². The third kappa shape index (κ3) is 3.25. The second-order valence-corrected chi connectivity index (χ2v) is 4.56. The molecule has 1 heterocycles. The Labute approximate surface area is 120 Å². The molecule has 2 rings (SSSR count). The molecule has 1 aromatic heterocycles. The number of rotatable bonds is 5. The van der Waals surface area contributed by atoms with Gasteiger partial charge in [0.15, 0.2) is 0 Å². The minimum atomic E-state index is -0.823. The topological polar surface area (TPSA) is 72.9 Å². The highest BCUT2D eigenvalue weighted by molar-refractivity contribution is 6.05. The third-order valence-corrected chi connectivity index (χ3v) is 3.12. The van der Waals surface area contributed by atoms with Crippen molar-refractivity contribution in [3.05, 3.63) is 47.3 Å². The third-order valence-electron chi connectivity index (χ3n) is 3.12. The quantitative estimate of drug-likeness (QED) is 0.886. The lowest BCUT2D eigenvalue weighted by Crippen LogP contribution is -2.16. The fourth-order valence-electron chi connectivity index (χ4n) is 1.93. The highest BCUT2D eigenvalue weighted by atomic mass is 19.1. The molecule has 21 heavy (non-hydrogen) atoms. The number of hydrogen-bond acceptors (Lipinski definition) is 3. The molecule has 3 N–H and O–H groups in total. The Morgan fingerprint density at radius 3 is 2.67 bits per heavy atom. The average molecular weight is 294 g/mol. The maximum atomic E-state index is 13.5. The van der Waals surface area contributed by atoms with Gasteiger partial charge in [0.2, 0.25) is 0 Å². The van der Waals surface area contributed by atoms with Gasteiger partial charge in [-0.15, -0.1) is 0 Å². The van der Waals surface area contributed by atoms with Gasteiger partial charge in [0, 0.05) is 12.2 Å². The fourth-order valence-corrected chi connectivity index (χ4v) is 1.93. The minimum Gasteiger partial charge on any atom is -0.330 e. The number of hydrogen-bond donors (Lipinski definition) is 2. The van der Waals surface area contributed by atoms with E-state index in [0.717, 1.165) is 18.6 Å². The molecule has 0 radical (unpaired) electrons. The summed E-state index contributed by atoms with van der Waals surface area (Å²) in [5.74, 6) is -2.25. The highest BCUT2D eigenvalue weighted by Gasteiger charge is 2.17. The summed E-state index contributed by atoms with van der Waals surface area (Å²) in [5.41, 5.74) is 5.86. The van der Waals surface area contributed by atoms with E-state index in [2.05, 4.69) is 10.4 Å². The van der Waals surface area contributed by atoms with E-state index in [0.29, 0.717) is 18.8 Å². The van der Waals surface area contributed by atoms with Gasteiger partial charge in [-0.05, 0) is 32.0 Å². The van der Waals surface area contributed by atoms with Gasteiger partial charge in [-0.3, -0.25) is 9.48 Å². The molecule has 1 aromatic carbocycles. The first kappa shape index (κ1) is 15.1. The van der Waals surface area contributed by atoms with Crippen LogP contribution < -0.4 is 11.1 Å². The molecule has 0 unspecified atom stereocenters. The maximum absolute atomic E-state index is 13.5. The molecule has 0 atom stereocenters. The van der Waals surface area contributed by atoms with Crippen molar-refractivity contribution in [2.75, 3.05) is 11.9 Å². The van der Waals surface area contributed by atoms with Crippen molar-refractivity contribution in [1.82, 2.24) is 9.78 Å². The van der Waals surface area contributed by atoms with E-state index >= 15 is 0 Å². The van der Waals surface area contributed by atoms with Gasteiger partial charge < -0.3 is 11.1 Å². The monoisotopic (exact) mass is 294 g/mol. The Morgan fingerprint density at radius 2 is 2.05 bits per heavy atom. The first-order chi connectivity index (χ1) is 10.0. The van der Waals surface area contributed by atoms with Gasteiger partial charge in [0.1, 0.15) is 17.3 Å². The second-order valence-electron chi connectivity index (χ2n) is 4.56. The summed E-state index contributed by atoms with van der Waals surface area (Å²) >= 11 is 0. The van der Waals surface area contributed by atoms with Gasteiger partial charge >= 0.3 is 0 Å². The number of amides is 1. The average Bonchev–Trinajstić information content (AvgIpc) is 2.82. The lowest BCUT2D eigenvalue weighted by Gasteiger charge is -2.08. The van der Waals surface area contributed by atoms with Gasteiger partial charge in [0.05, 0.1) is 11.8 Å². The smallest absolute Gasteiger partial charge is 0.259 e. The van der Waals surface area contributed by atoms with Crippen LogP contribution in [0.3, 0.4) is 0 Å². The predicted octanol–water partition coefficient (Wildman–Crippen LogP) is 2.07. The van der Waals surface area contributed by atoms with Gasteiger partial charge in [-0.2, -0.15) is 5.10 Å². The lowest BCUT2D eigenvalue weighted by molar-refractivity contribution is 0.102. The Balaban J connectivity index is 2.19. The van der Waals surface area contributed by atoms with Gasteiger partial charge in [-0.25, -0.2) is 8.78 Å². The molecule has 0 saturated carbocycles. The Bertz CT molecular complexity index is 634. The largest absolute Gasteiger partial charge is 0.330 e. The summed E-state index contributed by atoms with van der Waals surface area (Å²) in [6, 6.07) is 3.39. The lowest BCUT2D eigenvalue weighted by atomic mass is 10.2. The number of anilines is 1. The zero-order valence-electron chi connectivity index (χ0n) is 11.6. The fraction of sp³-hybridized carbons (Fsp3) is 0.286. The van der Waals surface area contributed by atoms with E-state index in [1.165, 1.54) is 12.3 Å². The molecule has 7 heteroatoms. The van der Waals surface area contributed by atoms with E-state index in [9.17, 15) is 13.6 Å². The number of benzene rings is 1. The van der Waals surface area contributed by atoms with Crippen LogP contribution in [0.2, 0.25) is 0 Å². The molecule has 1 amide bonds. The number of aryl methyl sites for hydroxylation is 1. The molecule has 0 aliphatic carbocycles. The van der Waals surface area contributed by atoms with Gasteiger partial charge in [-0.1, -0.05) is 6.07 Å². The van der Waals surface area contributed by atoms with Crippen LogP contribution in [0.1, 0.15) is 22.5 Å². The van der Waals surface area contributed by atoms with Crippen LogP contribution in [-0.2, 0) is 6.54 Å². The molecule has 0 fully saturated rings.